The molecule has 0 unspecified atom stereocenters. The maximum absolute atomic E-state index is 12.6. The highest BCUT2D eigenvalue weighted by Crippen LogP contribution is 2.18. The fourth-order valence-corrected chi connectivity index (χ4v) is 3.49. The summed E-state index contributed by atoms with van der Waals surface area (Å²) < 4.78 is 5.47. The van der Waals surface area contributed by atoms with Gasteiger partial charge < -0.3 is 25.0 Å². The first-order chi connectivity index (χ1) is 14.5. The largest absolute Gasteiger partial charge is 0.494 e. The van der Waals surface area contributed by atoms with E-state index in [0.29, 0.717) is 36.8 Å². The van der Waals surface area contributed by atoms with Gasteiger partial charge in [0.25, 0.3) is 5.56 Å². The number of ether oxygens (including phenoxy) is 1. The number of aliphatic hydroxyl groups excluding tert-OH is 1. The van der Waals surface area contributed by atoms with Gasteiger partial charge in [0.2, 0.25) is 0 Å². The van der Waals surface area contributed by atoms with E-state index in [9.17, 15) is 9.90 Å². The summed E-state index contributed by atoms with van der Waals surface area (Å²) in [6.07, 6.45) is 0.551. The van der Waals surface area contributed by atoms with Crippen LogP contribution in [0.3, 0.4) is 0 Å². The summed E-state index contributed by atoms with van der Waals surface area (Å²) in [4.78, 5) is 17.4. The zero-order chi connectivity index (χ0) is 21.5. The molecular weight excluding hydrogens is 398 g/mol. The number of benzene rings is 2. The molecule has 0 aliphatic carbocycles. The van der Waals surface area contributed by atoms with Crippen molar-refractivity contribution in [2.24, 2.45) is 0 Å². The molecule has 3 N–H and O–H groups in total. The van der Waals surface area contributed by atoms with Gasteiger partial charge in [0.15, 0.2) is 5.11 Å². The molecule has 0 atom stereocenters. The molecule has 158 valence electrons. The number of H-pyrrole nitrogens is 1. The summed E-state index contributed by atoms with van der Waals surface area (Å²) in [5, 5.41) is 14.0. The van der Waals surface area contributed by atoms with Crippen molar-refractivity contribution in [1.82, 2.24) is 9.88 Å². The van der Waals surface area contributed by atoms with Crippen LogP contribution in [0.2, 0.25) is 0 Å². The number of anilines is 1. The van der Waals surface area contributed by atoms with Crippen LogP contribution in [0.5, 0.6) is 5.75 Å². The lowest BCUT2D eigenvalue weighted by Gasteiger charge is -2.25. The normalized spacial score (nSPS) is 10.8. The van der Waals surface area contributed by atoms with E-state index >= 15 is 0 Å². The Hall–Kier alpha value is -2.90. The summed E-state index contributed by atoms with van der Waals surface area (Å²) >= 11 is 5.60. The van der Waals surface area contributed by atoms with Crippen molar-refractivity contribution < 1.29 is 9.84 Å². The summed E-state index contributed by atoms with van der Waals surface area (Å²) in [6, 6.07) is 15.4. The quantitative estimate of drug-likeness (QED) is 0.477. The van der Waals surface area contributed by atoms with Crippen LogP contribution in [0, 0.1) is 6.92 Å². The predicted octanol–water partition coefficient (Wildman–Crippen LogP) is 3.82. The van der Waals surface area contributed by atoms with Crippen LogP contribution >= 0.6 is 12.2 Å². The molecular formula is C23H27N3O3S. The topological polar surface area (TPSA) is 77.6 Å². The molecule has 0 saturated heterocycles. The number of thiocarbonyl (C=S) groups is 1. The zero-order valence-electron chi connectivity index (χ0n) is 17.3. The predicted molar refractivity (Wildman–Crippen MR) is 125 cm³/mol. The number of aryl methyl sites for hydroxylation is 1. The van der Waals surface area contributed by atoms with Crippen LogP contribution in [-0.2, 0) is 6.54 Å². The number of rotatable bonds is 8. The first kappa shape index (κ1) is 21.8. The third kappa shape index (κ3) is 5.58. The molecule has 2 aromatic carbocycles. The van der Waals surface area contributed by atoms with Crippen molar-refractivity contribution in [1.29, 1.82) is 0 Å². The lowest BCUT2D eigenvalue weighted by molar-refractivity contribution is 0.265. The van der Waals surface area contributed by atoms with Crippen molar-refractivity contribution in [3.63, 3.8) is 0 Å². The number of nitrogens with zero attached hydrogens (tertiary/aromatic N) is 1. The van der Waals surface area contributed by atoms with Crippen molar-refractivity contribution >= 4 is 33.9 Å². The van der Waals surface area contributed by atoms with Crippen molar-refractivity contribution in [3.8, 4) is 5.75 Å². The van der Waals surface area contributed by atoms with Gasteiger partial charge in [-0.25, -0.2) is 0 Å². The van der Waals surface area contributed by atoms with E-state index < -0.39 is 0 Å². The van der Waals surface area contributed by atoms with Gasteiger partial charge in [-0.15, -0.1) is 0 Å². The molecule has 3 rings (SSSR count). The van der Waals surface area contributed by atoms with E-state index in [0.717, 1.165) is 27.9 Å². The number of nitrogens with one attached hydrogen (secondary N) is 2. The molecule has 0 radical (unpaired) electrons. The molecule has 6 nitrogen and oxygen atoms in total. The van der Waals surface area contributed by atoms with Crippen LogP contribution in [-0.4, -0.2) is 39.9 Å². The fourth-order valence-electron chi connectivity index (χ4n) is 3.21. The van der Waals surface area contributed by atoms with Gasteiger partial charge in [0, 0.05) is 29.9 Å². The number of aliphatic hydroxyl groups is 1. The van der Waals surface area contributed by atoms with Crippen LogP contribution in [0.15, 0.2) is 53.3 Å². The lowest BCUT2D eigenvalue weighted by Crippen LogP contribution is -2.37. The van der Waals surface area contributed by atoms with Crippen molar-refractivity contribution in [2.75, 3.05) is 25.1 Å². The molecule has 1 heterocycles. The van der Waals surface area contributed by atoms with E-state index in [1.54, 1.807) is 0 Å². The summed E-state index contributed by atoms with van der Waals surface area (Å²) in [7, 11) is 0. The Morgan fingerprint density at radius 3 is 2.67 bits per heavy atom. The van der Waals surface area contributed by atoms with E-state index in [2.05, 4.69) is 10.3 Å². The average molecular weight is 426 g/mol. The molecule has 0 bridgehead atoms. The Morgan fingerprint density at radius 1 is 1.20 bits per heavy atom. The molecule has 0 aliphatic heterocycles. The second-order valence-corrected chi connectivity index (χ2v) is 7.49. The van der Waals surface area contributed by atoms with Gasteiger partial charge in [-0.3, -0.25) is 4.79 Å². The minimum Gasteiger partial charge on any atom is -0.494 e. The number of aromatic nitrogens is 1. The van der Waals surface area contributed by atoms with E-state index in [4.69, 9.17) is 17.0 Å². The molecule has 3 aromatic rings. The highest BCUT2D eigenvalue weighted by atomic mass is 32.1. The Kier molecular flexibility index (Phi) is 7.43. The summed E-state index contributed by atoms with van der Waals surface area (Å²) in [5.74, 6) is 0.795. The minimum absolute atomic E-state index is 0.0510. The third-order valence-corrected chi connectivity index (χ3v) is 5.09. The van der Waals surface area contributed by atoms with Gasteiger partial charge in [-0.05, 0) is 80.3 Å². The Morgan fingerprint density at radius 2 is 1.97 bits per heavy atom. The van der Waals surface area contributed by atoms with Gasteiger partial charge in [-0.1, -0.05) is 11.6 Å². The average Bonchev–Trinajstić information content (AvgIpc) is 2.73. The molecule has 0 amide bonds. The molecule has 30 heavy (non-hydrogen) atoms. The lowest BCUT2D eigenvalue weighted by atomic mass is 10.1. The van der Waals surface area contributed by atoms with Crippen molar-refractivity contribution in [3.05, 3.63) is 70.0 Å². The number of aromatic amines is 1. The zero-order valence-corrected chi connectivity index (χ0v) is 18.1. The first-order valence-corrected chi connectivity index (χ1v) is 10.4. The third-order valence-electron chi connectivity index (χ3n) is 4.73. The second kappa shape index (κ2) is 10.2. The second-order valence-electron chi connectivity index (χ2n) is 7.10. The van der Waals surface area contributed by atoms with E-state index in [1.165, 1.54) is 0 Å². The maximum Gasteiger partial charge on any atom is 0.253 e. The first-order valence-electron chi connectivity index (χ1n) is 10.0. The van der Waals surface area contributed by atoms with Gasteiger partial charge >= 0.3 is 0 Å². The van der Waals surface area contributed by atoms with Gasteiger partial charge in [-0.2, -0.15) is 0 Å². The van der Waals surface area contributed by atoms with Gasteiger partial charge in [0.1, 0.15) is 5.75 Å². The van der Waals surface area contributed by atoms with E-state index in [-0.39, 0.29) is 12.2 Å². The number of hydrogen-bond donors (Lipinski definition) is 3. The van der Waals surface area contributed by atoms with Crippen LogP contribution < -0.4 is 15.6 Å². The number of hydrogen-bond acceptors (Lipinski definition) is 4. The Bertz CT molecular complexity index is 1060. The standard InChI is InChI=1S/C23H27N3O3S/c1-3-29-20-8-6-19(7-9-20)24-23(30)26(11-4-12-27)15-18-14-17-13-16(2)5-10-21(17)25-22(18)28/h5-10,13-14,27H,3-4,11-12,15H2,1-2H3,(H,24,30)(H,25,28). The van der Waals surface area contributed by atoms with Crippen LogP contribution in [0.25, 0.3) is 10.9 Å². The SMILES string of the molecule is CCOc1ccc(NC(=S)N(CCCO)Cc2cc3cc(C)ccc3[nH]c2=O)cc1. The molecule has 7 heteroatoms. The van der Waals surface area contributed by atoms with E-state index in [1.807, 2.05) is 67.3 Å². The Balaban J connectivity index is 1.79. The fraction of sp³-hybridized carbons (Fsp3) is 0.304. The number of fused-ring (bicyclic) bond motifs is 1. The summed E-state index contributed by atoms with van der Waals surface area (Å²) in [5.41, 5.74) is 3.27. The highest BCUT2D eigenvalue weighted by molar-refractivity contribution is 7.80. The number of pyridine rings is 1. The highest BCUT2D eigenvalue weighted by Gasteiger charge is 2.14. The van der Waals surface area contributed by atoms with Gasteiger partial charge in [0.05, 0.1) is 13.2 Å². The van der Waals surface area contributed by atoms with Crippen molar-refractivity contribution in [2.45, 2.75) is 26.8 Å². The smallest absolute Gasteiger partial charge is 0.253 e. The van der Waals surface area contributed by atoms with Crippen LogP contribution in [0.4, 0.5) is 5.69 Å². The molecule has 0 fully saturated rings. The molecule has 0 aliphatic rings. The Labute approximate surface area is 181 Å². The summed E-state index contributed by atoms with van der Waals surface area (Å²) in [6.45, 7) is 5.51. The minimum atomic E-state index is -0.135. The molecule has 1 aromatic heterocycles. The molecule has 0 saturated carbocycles. The van der Waals surface area contributed by atoms with Crippen LogP contribution in [0.1, 0.15) is 24.5 Å². The molecule has 0 spiro atoms. The monoisotopic (exact) mass is 425 g/mol. The maximum atomic E-state index is 12.6.